The third-order valence-corrected chi connectivity index (χ3v) is 4.26. The zero-order valence-electron chi connectivity index (χ0n) is 13.1. The number of benzene rings is 1. The van der Waals surface area contributed by atoms with Crippen LogP contribution >= 0.6 is 0 Å². The standard InChI is InChI=1S/C18H15FN4O/c1-24-12-3-4-13(16(19)7-12)15-8-14(15)11-9-22-18(23-10-11)17-20-5-2-6-21-17/h2-7,9-10,14-15H,8H2,1H3/t14-,15+/m0/s1. The van der Waals surface area contributed by atoms with Crippen LogP contribution in [0.1, 0.15) is 29.4 Å². The van der Waals surface area contributed by atoms with Crippen molar-refractivity contribution in [3.8, 4) is 17.4 Å². The Morgan fingerprint density at radius 1 is 1.00 bits per heavy atom. The highest BCUT2D eigenvalue weighted by Gasteiger charge is 2.41. The number of hydrogen-bond acceptors (Lipinski definition) is 5. The maximum atomic E-state index is 14.2. The maximum Gasteiger partial charge on any atom is 0.197 e. The zero-order valence-corrected chi connectivity index (χ0v) is 13.1. The van der Waals surface area contributed by atoms with E-state index in [9.17, 15) is 4.39 Å². The Balaban J connectivity index is 1.52. The highest BCUT2D eigenvalue weighted by atomic mass is 19.1. The number of halogens is 1. The molecule has 2 aromatic heterocycles. The van der Waals surface area contributed by atoms with E-state index in [-0.39, 0.29) is 17.7 Å². The number of aromatic nitrogens is 4. The molecule has 24 heavy (non-hydrogen) atoms. The Hall–Kier alpha value is -2.89. The first kappa shape index (κ1) is 14.7. The first-order valence-corrected chi connectivity index (χ1v) is 7.69. The third kappa shape index (κ3) is 2.71. The normalized spacial score (nSPS) is 19.1. The first-order chi connectivity index (χ1) is 11.8. The molecule has 120 valence electrons. The molecular formula is C18H15FN4O. The Bertz CT molecular complexity index is 855. The molecule has 6 heteroatoms. The van der Waals surface area contributed by atoms with Crippen LogP contribution in [0.15, 0.2) is 49.1 Å². The summed E-state index contributed by atoms with van der Waals surface area (Å²) in [5.41, 5.74) is 1.73. The van der Waals surface area contributed by atoms with E-state index in [0.717, 1.165) is 17.5 Å². The lowest BCUT2D eigenvalue weighted by atomic mass is 10.1. The van der Waals surface area contributed by atoms with Gasteiger partial charge in [-0.1, -0.05) is 6.07 Å². The zero-order chi connectivity index (χ0) is 16.5. The lowest BCUT2D eigenvalue weighted by molar-refractivity contribution is 0.410. The maximum absolute atomic E-state index is 14.2. The summed E-state index contributed by atoms with van der Waals surface area (Å²) < 4.78 is 19.2. The minimum Gasteiger partial charge on any atom is -0.497 e. The van der Waals surface area contributed by atoms with E-state index in [1.54, 1.807) is 43.0 Å². The molecule has 2 heterocycles. The van der Waals surface area contributed by atoms with Crippen molar-refractivity contribution < 1.29 is 9.13 Å². The second-order valence-electron chi connectivity index (χ2n) is 5.75. The molecule has 1 fully saturated rings. The summed E-state index contributed by atoms with van der Waals surface area (Å²) in [6, 6.07) is 6.76. The summed E-state index contributed by atoms with van der Waals surface area (Å²) in [4.78, 5) is 16.9. The molecule has 4 rings (SSSR count). The number of methoxy groups -OCH3 is 1. The van der Waals surface area contributed by atoms with Gasteiger partial charge in [-0.25, -0.2) is 24.3 Å². The summed E-state index contributed by atoms with van der Waals surface area (Å²) in [5, 5.41) is 0. The highest BCUT2D eigenvalue weighted by molar-refractivity contribution is 5.43. The molecule has 1 aromatic carbocycles. The van der Waals surface area contributed by atoms with Gasteiger partial charge in [0.2, 0.25) is 0 Å². The Labute approximate surface area is 138 Å². The number of rotatable bonds is 4. The third-order valence-electron chi connectivity index (χ3n) is 4.26. The molecule has 3 aromatic rings. The van der Waals surface area contributed by atoms with Crippen LogP contribution in [0.4, 0.5) is 4.39 Å². The second-order valence-corrected chi connectivity index (χ2v) is 5.75. The van der Waals surface area contributed by atoms with Crippen molar-refractivity contribution >= 4 is 0 Å². The SMILES string of the molecule is COc1ccc([C@H]2C[C@H]2c2cnc(-c3ncccn3)nc2)c(F)c1. The second kappa shape index (κ2) is 5.96. The predicted octanol–water partition coefficient (Wildman–Crippen LogP) is 3.35. The molecule has 1 aliphatic carbocycles. The number of ether oxygens (including phenoxy) is 1. The Kier molecular flexibility index (Phi) is 3.65. The first-order valence-electron chi connectivity index (χ1n) is 7.69. The fourth-order valence-corrected chi connectivity index (χ4v) is 2.90. The summed E-state index contributed by atoms with van der Waals surface area (Å²) in [6.07, 6.45) is 7.77. The topological polar surface area (TPSA) is 60.8 Å². The molecule has 1 saturated carbocycles. The minimum atomic E-state index is -0.225. The predicted molar refractivity (Wildman–Crippen MR) is 86.1 cm³/mol. The van der Waals surface area contributed by atoms with Gasteiger partial charge in [0.05, 0.1) is 7.11 Å². The highest BCUT2D eigenvalue weighted by Crippen LogP contribution is 2.55. The molecule has 0 saturated heterocycles. The molecule has 0 spiro atoms. The fourth-order valence-electron chi connectivity index (χ4n) is 2.90. The van der Waals surface area contributed by atoms with Crippen LogP contribution in [-0.2, 0) is 0 Å². The van der Waals surface area contributed by atoms with Gasteiger partial charge in [-0.3, -0.25) is 0 Å². The minimum absolute atomic E-state index is 0.165. The molecule has 0 radical (unpaired) electrons. The van der Waals surface area contributed by atoms with E-state index >= 15 is 0 Å². The quantitative estimate of drug-likeness (QED) is 0.737. The average molecular weight is 322 g/mol. The van der Waals surface area contributed by atoms with Crippen LogP contribution < -0.4 is 4.74 Å². The van der Waals surface area contributed by atoms with Gasteiger partial charge in [-0.2, -0.15) is 0 Å². The van der Waals surface area contributed by atoms with Crippen LogP contribution in [0, 0.1) is 5.82 Å². The molecule has 0 N–H and O–H groups in total. The summed E-state index contributed by atoms with van der Waals surface area (Å²) in [7, 11) is 1.53. The average Bonchev–Trinajstić information content (AvgIpc) is 3.43. The van der Waals surface area contributed by atoms with Crippen LogP contribution in [-0.4, -0.2) is 27.0 Å². The molecule has 1 aliphatic rings. The van der Waals surface area contributed by atoms with E-state index in [1.165, 1.54) is 13.2 Å². The van der Waals surface area contributed by atoms with E-state index in [2.05, 4.69) is 19.9 Å². The van der Waals surface area contributed by atoms with Crippen LogP contribution in [0.2, 0.25) is 0 Å². The van der Waals surface area contributed by atoms with Crippen molar-refractivity contribution in [3.05, 3.63) is 66.0 Å². The lowest BCUT2D eigenvalue weighted by Gasteiger charge is -2.05. The Morgan fingerprint density at radius 2 is 1.71 bits per heavy atom. The largest absolute Gasteiger partial charge is 0.497 e. The molecule has 0 amide bonds. The van der Waals surface area contributed by atoms with E-state index in [4.69, 9.17) is 4.74 Å². The smallest absolute Gasteiger partial charge is 0.197 e. The van der Waals surface area contributed by atoms with Gasteiger partial charge in [0.15, 0.2) is 11.6 Å². The summed E-state index contributed by atoms with van der Waals surface area (Å²) in [5.74, 6) is 1.71. The Morgan fingerprint density at radius 3 is 2.38 bits per heavy atom. The molecular weight excluding hydrogens is 307 g/mol. The van der Waals surface area contributed by atoms with Gasteiger partial charge in [0.1, 0.15) is 11.6 Å². The van der Waals surface area contributed by atoms with Gasteiger partial charge in [0.25, 0.3) is 0 Å². The van der Waals surface area contributed by atoms with Crippen LogP contribution in [0.3, 0.4) is 0 Å². The van der Waals surface area contributed by atoms with Crippen molar-refractivity contribution in [1.82, 2.24) is 19.9 Å². The molecule has 0 unspecified atom stereocenters. The number of hydrogen-bond donors (Lipinski definition) is 0. The molecule has 5 nitrogen and oxygen atoms in total. The molecule has 0 bridgehead atoms. The van der Waals surface area contributed by atoms with Gasteiger partial charge in [-0.15, -0.1) is 0 Å². The molecule has 2 atom stereocenters. The van der Waals surface area contributed by atoms with Crippen molar-refractivity contribution in [2.24, 2.45) is 0 Å². The van der Waals surface area contributed by atoms with E-state index in [1.807, 2.05) is 0 Å². The van der Waals surface area contributed by atoms with Gasteiger partial charge in [0, 0.05) is 30.9 Å². The van der Waals surface area contributed by atoms with Crippen molar-refractivity contribution in [1.29, 1.82) is 0 Å². The lowest BCUT2D eigenvalue weighted by Crippen LogP contribution is -1.96. The van der Waals surface area contributed by atoms with Crippen molar-refractivity contribution in [3.63, 3.8) is 0 Å². The van der Waals surface area contributed by atoms with Gasteiger partial charge >= 0.3 is 0 Å². The van der Waals surface area contributed by atoms with E-state index in [0.29, 0.717) is 17.4 Å². The van der Waals surface area contributed by atoms with Crippen molar-refractivity contribution in [2.45, 2.75) is 18.3 Å². The van der Waals surface area contributed by atoms with Crippen LogP contribution in [0.5, 0.6) is 5.75 Å². The summed E-state index contributed by atoms with van der Waals surface area (Å²) in [6.45, 7) is 0. The fraction of sp³-hybridized carbons (Fsp3) is 0.222. The number of nitrogens with zero attached hydrogens (tertiary/aromatic N) is 4. The van der Waals surface area contributed by atoms with E-state index < -0.39 is 0 Å². The van der Waals surface area contributed by atoms with Gasteiger partial charge < -0.3 is 4.74 Å². The van der Waals surface area contributed by atoms with Gasteiger partial charge in [-0.05, 0) is 41.5 Å². The summed E-state index contributed by atoms with van der Waals surface area (Å²) >= 11 is 0. The molecule has 0 aliphatic heterocycles. The van der Waals surface area contributed by atoms with Crippen LogP contribution in [0.25, 0.3) is 11.6 Å². The monoisotopic (exact) mass is 322 g/mol. The van der Waals surface area contributed by atoms with Crippen molar-refractivity contribution in [2.75, 3.05) is 7.11 Å².